The number of anilines is 1. The molecule has 2 aromatic rings. The van der Waals surface area contributed by atoms with Crippen molar-refractivity contribution in [3.63, 3.8) is 0 Å². The van der Waals surface area contributed by atoms with E-state index >= 15 is 0 Å². The number of nitrogens with zero attached hydrogens (tertiary/aromatic N) is 3. The highest BCUT2D eigenvalue weighted by Crippen LogP contribution is 2.25. The van der Waals surface area contributed by atoms with Crippen LogP contribution in [0.1, 0.15) is 10.4 Å². The van der Waals surface area contributed by atoms with Gasteiger partial charge in [-0.1, -0.05) is 18.2 Å². The van der Waals surface area contributed by atoms with Crippen molar-refractivity contribution < 1.29 is 27.7 Å². The van der Waals surface area contributed by atoms with E-state index in [0.717, 1.165) is 6.07 Å². The second-order valence-electron chi connectivity index (χ2n) is 6.91. The van der Waals surface area contributed by atoms with Gasteiger partial charge in [-0.15, -0.1) is 0 Å². The van der Waals surface area contributed by atoms with E-state index in [2.05, 4.69) is 5.32 Å². The van der Waals surface area contributed by atoms with Gasteiger partial charge in [0.05, 0.1) is 15.4 Å². The predicted molar refractivity (Wildman–Crippen MR) is 115 cm³/mol. The summed E-state index contributed by atoms with van der Waals surface area (Å²) in [6.07, 6.45) is 0. The van der Waals surface area contributed by atoms with Crippen LogP contribution in [0.3, 0.4) is 0 Å². The Morgan fingerprint density at radius 3 is 2.34 bits per heavy atom. The summed E-state index contributed by atoms with van der Waals surface area (Å²) in [6, 6.07) is 11.8. The van der Waals surface area contributed by atoms with Crippen LogP contribution in [0.15, 0.2) is 53.4 Å². The number of benzene rings is 2. The normalized spacial score (nSPS) is 14.6. The number of esters is 1. The number of rotatable bonds is 7. The number of amides is 1. The maximum Gasteiger partial charge on any atom is 0.338 e. The van der Waals surface area contributed by atoms with Gasteiger partial charge >= 0.3 is 5.97 Å². The Kier molecular flexibility index (Phi) is 7.05. The number of hydrogen-bond donors (Lipinski definition) is 1. The first-order valence-electron chi connectivity index (χ1n) is 9.70. The van der Waals surface area contributed by atoms with E-state index in [1.54, 1.807) is 18.2 Å². The molecule has 0 radical (unpaired) electrons. The minimum Gasteiger partial charge on any atom is -0.452 e. The molecule has 170 valence electrons. The molecular weight excluding hydrogens is 440 g/mol. The van der Waals surface area contributed by atoms with Crippen molar-refractivity contribution in [2.24, 2.45) is 0 Å². The fraction of sp³-hybridized carbons (Fsp3) is 0.300. The number of carbonyl (C=O) groups is 2. The van der Waals surface area contributed by atoms with Gasteiger partial charge < -0.3 is 15.0 Å². The molecule has 1 saturated heterocycles. The number of carbonyl (C=O) groups excluding carboxylic acids is 2. The third kappa shape index (κ3) is 5.03. The molecule has 11 nitrogen and oxygen atoms in total. The lowest BCUT2D eigenvalue weighted by Gasteiger charge is -2.33. The lowest BCUT2D eigenvalue weighted by molar-refractivity contribution is -0.384. The predicted octanol–water partition coefficient (Wildman–Crippen LogP) is 1.33. The van der Waals surface area contributed by atoms with E-state index in [0.29, 0.717) is 0 Å². The fourth-order valence-corrected chi connectivity index (χ4v) is 4.69. The number of nitrogens with one attached hydrogen (secondary N) is 1. The summed E-state index contributed by atoms with van der Waals surface area (Å²) in [6.45, 7) is 0.00456. The maximum absolute atomic E-state index is 12.7. The number of nitro benzene ring substituents is 1. The Hall–Kier alpha value is -3.51. The standard InChI is InChI=1S/C20H22N4O7S/c1-21-17-8-7-15(13-18(17)24(27)28)20(26)31-14-19(25)22-9-11-23(12-10-22)32(29,30)16-5-3-2-4-6-16/h2-8,13,21H,9-12,14H2,1H3. The highest BCUT2D eigenvalue weighted by molar-refractivity contribution is 7.89. The number of hydrogen-bond acceptors (Lipinski definition) is 8. The molecule has 32 heavy (non-hydrogen) atoms. The quantitative estimate of drug-likeness (QED) is 0.369. The molecule has 12 heteroatoms. The molecular formula is C20H22N4O7S. The monoisotopic (exact) mass is 462 g/mol. The maximum atomic E-state index is 12.7. The zero-order valence-electron chi connectivity index (χ0n) is 17.3. The van der Waals surface area contributed by atoms with E-state index in [1.807, 2.05) is 0 Å². The summed E-state index contributed by atoms with van der Waals surface area (Å²) in [5.74, 6) is -1.34. The van der Waals surface area contributed by atoms with Gasteiger partial charge in [0.2, 0.25) is 10.0 Å². The van der Waals surface area contributed by atoms with Crippen LogP contribution in [0.5, 0.6) is 0 Å². The zero-order valence-corrected chi connectivity index (χ0v) is 18.1. The Morgan fingerprint density at radius 1 is 1.09 bits per heavy atom. The molecule has 2 aromatic carbocycles. The molecule has 0 bridgehead atoms. The van der Waals surface area contributed by atoms with E-state index in [9.17, 15) is 28.1 Å². The molecule has 0 aliphatic carbocycles. The third-order valence-electron chi connectivity index (χ3n) is 5.00. The topological polar surface area (TPSA) is 139 Å². The third-order valence-corrected chi connectivity index (χ3v) is 6.91. The molecule has 0 spiro atoms. The summed E-state index contributed by atoms with van der Waals surface area (Å²) in [4.78, 5) is 36.7. The van der Waals surface area contributed by atoms with Crippen molar-refractivity contribution in [2.45, 2.75) is 4.90 Å². The molecule has 1 fully saturated rings. The van der Waals surface area contributed by atoms with Gasteiger partial charge in [0.15, 0.2) is 6.61 Å². The first-order valence-corrected chi connectivity index (χ1v) is 11.1. The van der Waals surface area contributed by atoms with Gasteiger partial charge in [-0.05, 0) is 24.3 Å². The van der Waals surface area contributed by atoms with Crippen molar-refractivity contribution in [3.8, 4) is 0 Å². The van der Waals surface area contributed by atoms with Crippen LogP contribution in [0, 0.1) is 10.1 Å². The molecule has 1 N–H and O–H groups in total. The van der Waals surface area contributed by atoms with Crippen LogP contribution in [0.4, 0.5) is 11.4 Å². The first-order chi connectivity index (χ1) is 15.2. The van der Waals surface area contributed by atoms with E-state index in [-0.39, 0.29) is 48.0 Å². The Morgan fingerprint density at radius 2 is 1.75 bits per heavy atom. The SMILES string of the molecule is CNc1ccc(C(=O)OCC(=O)N2CCN(S(=O)(=O)c3ccccc3)CC2)cc1[N+](=O)[O-]. The molecule has 1 aliphatic rings. The second kappa shape index (κ2) is 9.75. The van der Waals surface area contributed by atoms with Gasteiger partial charge in [-0.25, -0.2) is 13.2 Å². The van der Waals surface area contributed by atoms with Crippen molar-refractivity contribution >= 4 is 33.3 Å². The van der Waals surface area contributed by atoms with Crippen molar-refractivity contribution in [1.29, 1.82) is 0 Å². The Bertz CT molecular complexity index is 1110. The van der Waals surface area contributed by atoms with Gasteiger partial charge in [-0.3, -0.25) is 14.9 Å². The largest absolute Gasteiger partial charge is 0.452 e. The van der Waals surface area contributed by atoms with Crippen LogP contribution in [0.2, 0.25) is 0 Å². The average molecular weight is 462 g/mol. The van der Waals surface area contributed by atoms with Crippen molar-refractivity contribution in [3.05, 3.63) is 64.2 Å². The number of piperazine rings is 1. The Labute approximate surface area is 184 Å². The van der Waals surface area contributed by atoms with Crippen LogP contribution < -0.4 is 5.32 Å². The lowest BCUT2D eigenvalue weighted by atomic mass is 10.1. The van der Waals surface area contributed by atoms with Crippen LogP contribution in [0.25, 0.3) is 0 Å². The second-order valence-corrected chi connectivity index (χ2v) is 8.85. The number of ether oxygens (including phenoxy) is 1. The molecule has 0 atom stereocenters. The van der Waals surface area contributed by atoms with Crippen LogP contribution in [-0.2, 0) is 19.6 Å². The van der Waals surface area contributed by atoms with Crippen LogP contribution >= 0.6 is 0 Å². The first kappa shape index (κ1) is 23.2. The average Bonchev–Trinajstić information content (AvgIpc) is 2.82. The minimum absolute atomic E-state index is 0.0535. The highest BCUT2D eigenvalue weighted by Gasteiger charge is 2.30. The smallest absolute Gasteiger partial charge is 0.338 e. The van der Waals surface area contributed by atoms with Gasteiger partial charge in [0.25, 0.3) is 11.6 Å². The van der Waals surface area contributed by atoms with Crippen molar-refractivity contribution in [2.75, 3.05) is 45.2 Å². The summed E-state index contributed by atoms with van der Waals surface area (Å²) in [7, 11) is -2.12. The molecule has 1 heterocycles. The van der Waals surface area contributed by atoms with E-state index in [1.165, 1.54) is 40.5 Å². The summed E-state index contributed by atoms with van der Waals surface area (Å²) >= 11 is 0. The molecule has 0 aromatic heterocycles. The molecule has 3 rings (SSSR count). The number of nitro groups is 1. The van der Waals surface area contributed by atoms with Gasteiger partial charge in [0, 0.05) is 39.3 Å². The molecule has 1 aliphatic heterocycles. The van der Waals surface area contributed by atoms with Crippen LogP contribution in [-0.4, -0.2) is 74.3 Å². The van der Waals surface area contributed by atoms with Crippen molar-refractivity contribution in [1.82, 2.24) is 9.21 Å². The molecule has 0 saturated carbocycles. The molecule has 0 unspecified atom stereocenters. The lowest BCUT2D eigenvalue weighted by Crippen LogP contribution is -2.51. The van der Waals surface area contributed by atoms with Gasteiger partial charge in [-0.2, -0.15) is 4.31 Å². The van der Waals surface area contributed by atoms with E-state index < -0.39 is 33.4 Å². The van der Waals surface area contributed by atoms with E-state index in [4.69, 9.17) is 4.74 Å². The summed E-state index contributed by atoms with van der Waals surface area (Å²) < 4.78 is 31.6. The summed E-state index contributed by atoms with van der Waals surface area (Å²) in [5, 5.41) is 13.8. The highest BCUT2D eigenvalue weighted by atomic mass is 32.2. The van der Waals surface area contributed by atoms with Gasteiger partial charge in [0.1, 0.15) is 5.69 Å². The minimum atomic E-state index is -3.64. The Balaban J connectivity index is 1.55. The fourth-order valence-electron chi connectivity index (χ4n) is 3.24. The zero-order chi connectivity index (χ0) is 23.3. The number of sulfonamides is 1. The summed E-state index contributed by atoms with van der Waals surface area (Å²) in [5.41, 5.74) is -0.0998. The molecule has 1 amide bonds.